The normalized spacial score (nSPS) is 17.0. The molecule has 7 heteroatoms. The lowest BCUT2D eigenvalue weighted by atomic mass is 10.1. The molecule has 0 radical (unpaired) electrons. The van der Waals surface area contributed by atoms with E-state index < -0.39 is 0 Å². The maximum absolute atomic E-state index is 13.0. The molecule has 0 N–H and O–H groups in total. The van der Waals surface area contributed by atoms with E-state index in [2.05, 4.69) is 4.90 Å². The molecule has 2 heterocycles. The summed E-state index contributed by atoms with van der Waals surface area (Å²) in [5.41, 5.74) is 1.84. The monoisotopic (exact) mass is 395 g/mol. The Balaban J connectivity index is 1.26. The quantitative estimate of drug-likeness (QED) is 0.728. The summed E-state index contributed by atoms with van der Waals surface area (Å²) in [7, 11) is 0. The van der Waals surface area contributed by atoms with Crippen molar-refractivity contribution < 1.29 is 18.8 Å². The summed E-state index contributed by atoms with van der Waals surface area (Å²) in [4.78, 5) is 42.5. The maximum atomic E-state index is 13.0. The van der Waals surface area contributed by atoms with E-state index >= 15 is 0 Å². The molecule has 0 aliphatic carbocycles. The van der Waals surface area contributed by atoms with Gasteiger partial charge in [-0.05, 0) is 29.8 Å². The summed E-state index contributed by atoms with van der Waals surface area (Å²) in [5.74, 6) is -0.963. The zero-order valence-electron chi connectivity index (χ0n) is 16.0. The van der Waals surface area contributed by atoms with Crippen LogP contribution in [-0.4, -0.2) is 65.1 Å². The molecule has 1 saturated heterocycles. The Kier molecular flexibility index (Phi) is 5.40. The van der Waals surface area contributed by atoms with Crippen LogP contribution in [0.1, 0.15) is 32.7 Å². The van der Waals surface area contributed by atoms with E-state index in [4.69, 9.17) is 0 Å². The number of nitrogens with zero attached hydrogens (tertiary/aromatic N) is 3. The molecule has 4 rings (SSSR count). The number of piperazine rings is 1. The van der Waals surface area contributed by atoms with Crippen LogP contribution in [-0.2, 0) is 11.3 Å². The van der Waals surface area contributed by atoms with Crippen LogP contribution in [0.5, 0.6) is 0 Å². The number of carbonyl (C=O) groups is 3. The van der Waals surface area contributed by atoms with Crippen molar-refractivity contribution in [1.29, 1.82) is 0 Å². The second-order valence-electron chi connectivity index (χ2n) is 7.34. The van der Waals surface area contributed by atoms with Crippen molar-refractivity contribution >= 4 is 17.7 Å². The SMILES string of the molecule is O=C(CCN1C(=O)c2ccccc2C1=O)N1CCN(Cc2ccc(F)cc2)CC1. The highest BCUT2D eigenvalue weighted by atomic mass is 19.1. The van der Waals surface area contributed by atoms with Gasteiger partial charge < -0.3 is 4.90 Å². The smallest absolute Gasteiger partial charge is 0.261 e. The van der Waals surface area contributed by atoms with Gasteiger partial charge >= 0.3 is 0 Å². The molecule has 2 aromatic rings. The number of halogens is 1. The summed E-state index contributed by atoms with van der Waals surface area (Å²) in [6.45, 7) is 3.48. The molecule has 0 saturated carbocycles. The molecule has 150 valence electrons. The number of fused-ring (bicyclic) bond motifs is 1. The van der Waals surface area contributed by atoms with Crippen LogP contribution in [0.15, 0.2) is 48.5 Å². The molecule has 2 aliphatic rings. The highest BCUT2D eigenvalue weighted by Crippen LogP contribution is 2.22. The third-order valence-electron chi connectivity index (χ3n) is 5.47. The first-order chi connectivity index (χ1) is 14.0. The fourth-order valence-corrected chi connectivity index (χ4v) is 3.81. The lowest BCUT2D eigenvalue weighted by Crippen LogP contribution is -2.49. The Labute approximate surface area is 168 Å². The van der Waals surface area contributed by atoms with Gasteiger partial charge in [-0.15, -0.1) is 0 Å². The fraction of sp³-hybridized carbons (Fsp3) is 0.318. The zero-order chi connectivity index (χ0) is 20.4. The molecule has 0 atom stereocenters. The van der Waals surface area contributed by atoms with Crippen molar-refractivity contribution in [1.82, 2.24) is 14.7 Å². The number of amides is 3. The van der Waals surface area contributed by atoms with E-state index in [-0.39, 0.29) is 36.5 Å². The van der Waals surface area contributed by atoms with Crippen molar-refractivity contribution in [3.63, 3.8) is 0 Å². The van der Waals surface area contributed by atoms with Gasteiger partial charge in [0.2, 0.25) is 5.91 Å². The second kappa shape index (κ2) is 8.13. The van der Waals surface area contributed by atoms with E-state index in [1.54, 1.807) is 41.3 Å². The van der Waals surface area contributed by atoms with Gasteiger partial charge in [0.25, 0.3) is 11.8 Å². The Hall–Kier alpha value is -3.06. The van der Waals surface area contributed by atoms with E-state index in [0.717, 1.165) is 30.1 Å². The molecular weight excluding hydrogens is 373 g/mol. The van der Waals surface area contributed by atoms with Crippen LogP contribution in [0.3, 0.4) is 0 Å². The molecule has 3 amide bonds. The zero-order valence-corrected chi connectivity index (χ0v) is 16.0. The van der Waals surface area contributed by atoms with E-state index in [0.29, 0.717) is 24.2 Å². The van der Waals surface area contributed by atoms with Gasteiger partial charge in [0.05, 0.1) is 11.1 Å². The molecule has 2 aliphatic heterocycles. The maximum Gasteiger partial charge on any atom is 0.261 e. The van der Waals surface area contributed by atoms with Gasteiger partial charge in [-0.25, -0.2) is 4.39 Å². The predicted molar refractivity (Wildman–Crippen MR) is 105 cm³/mol. The van der Waals surface area contributed by atoms with Crippen molar-refractivity contribution in [2.45, 2.75) is 13.0 Å². The van der Waals surface area contributed by atoms with E-state index in [1.165, 1.54) is 12.1 Å². The van der Waals surface area contributed by atoms with Gasteiger partial charge in [-0.3, -0.25) is 24.2 Å². The predicted octanol–water partition coefficient (Wildman–Crippen LogP) is 2.16. The molecule has 1 fully saturated rings. The lowest BCUT2D eigenvalue weighted by molar-refractivity contribution is -0.133. The first-order valence-electron chi connectivity index (χ1n) is 9.73. The number of benzene rings is 2. The molecule has 6 nitrogen and oxygen atoms in total. The van der Waals surface area contributed by atoms with Crippen LogP contribution in [0.2, 0.25) is 0 Å². The standard InChI is InChI=1S/C22H22FN3O3/c23-17-7-5-16(6-8-17)15-24-11-13-25(14-12-24)20(27)9-10-26-21(28)18-3-1-2-4-19(18)22(26)29/h1-8H,9-15H2. The van der Waals surface area contributed by atoms with Crippen molar-refractivity contribution in [2.24, 2.45) is 0 Å². The molecule has 0 spiro atoms. The van der Waals surface area contributed by atoms with Gasteiger partial charge in [0, 0.05) is 45.7 Å². The van der Waals surface area contributed by atoms with Crippen LogP contribution in [0.4, 0.5) is 4.39 Å². The topological polar surface area (TPSA) is 60.9 Å². The van der Waals surface area contributed by atoms with Crippen molar-refractivity contribution in [3.8, 4) is 0 Å². The average molecular weight is 395 g/mol. The summed E-state index contributed by atoms with van der Waals surface area (Å²) in [5, 5.41) is 0. The van der Waals surface area contributed by atoms with Crippen LogP contribution < -0.4 is 0 Å². The van der Waals surface area contributed by atoms with Gasteiger partial charge in [0.15, 0.2) is 0 Å². The Morgan fingerprint density at radius 1 is 0.862 bits per heavy atom. The minimum Gasteiger partial charge on any atom is -0.340 e. The van der Waals surface area contributed by atoms with E-state index in [1.807, 2.05) is 0 Å². The molecule has 0 bridgehead atoms. The Bertz CT molecular complexity index is 902. The number of hydrogen-bond donors (Lipinski definition) is 0. The number of imide groups is 1. The Morgan fingerprint density at radius 3 is 2.03 bits per heavy atom. The van der Waals surface area contributed by atoms with Crippen LogP contribution in [0.25, 0.3) is 0 Å². The van der Waals surface area contributed by atoms with Crippen molar-refractivity contribution in [2.75, 3.05) is 32.7 Å². The highest BCUT2D eigenvalue weighted by molar-refractivity contribution is 6.21. The first kappa shape index (κ1) is 19.3. The van der Waals surface area contributed by atoms with Crippen molar-refractivity contribution in [3.05, 3.63) is 71.0 Å². The largest absolute Gasteiger partial charge is 0.340 e. The lowest BCUT2D eigenvalue weighted by Gasteiger charge is -2.35. The molecule has 0 aromatic heterocycles. The Morgan fingerprint density at radius 2 is 1.45 bits per heavy atom. The molecule has 29 heavy (non-hydrogen) atoms. The minimum atomic E-state index is -0.331. The van der Waals surface area contributed by atoms with Gasteiger partial charge in [0.1, 0.15) is 5.82 Å². The first-order valence-corrected chi connectivity index (χ1v) is 9.73. The summed E-state index contributed by atoms with van der Waals surface area (Å²) >= 11 is 0. The minimum absolute atomic E-state index is 0.0528. The number of hydrogen-bond acceptors (Lipinski definition) is 4. The second-order valence-corrected chi connectivity index (χ2v) is 7.34. The summed E-state index contributed by atoms with van der Waals surface area (Å²) < 4.78 is 13.0. The van der Waals surface area contributed by atoms with Crippen LogP contribution in [0, 0.1) is 5.82 Å². The summed E-state index contributed by atoms with van der Waals surface area (Å²) in [6.07, 6.45) is 0.128. The third-order valence-corrected chi connectivity index (χ3v) is 5.47. The van der Waals surface area contributed by atoms with Crippen LogP contribution >= 0.6 is 0 Å². The summed E-state index contributed by atoms with van der Waals surface area (Å²) in [6, 6.07) is 13.2. The molecule has 0 unspecified atom stereocenters. The fourth-order valence-electron chi connectivity index (χ4n) is 3.81. The molecular formula is C22H22FN3O3. The number of carbonyl (C=O) groups excluding carboxylic acids is 3. The molecule has 2 aromatic carbocycles. The van der Waals surface area contributed by atoms with E-state index in [9.17, 15) is 18.8 Å². The average Bonchev–Trinajstić information content (AvgIpc) is 2.99. The number of rotatable bonds is 5. The van der Waals surface area contributed by atoms with Gasteiger partial charge in [-0.1, -0.05) is 24.3 Å². The third kappa shape index (κ3) is 4.05. The van der Waals surface area contributed by atoms with Gasteiger partial charge in [-0.2, -0.15) is 0 Å². The highest BCUT2D eigenvalue weighted by Gasteiger charge is 2.35.